The molecule has 0 aliphatic rings. The highest BCUT2D eigenvalue weighted by atomic mass is 16.3. The number of hydrogen-bond donors (Lipinski definition) is 5. The molecule has 0 radical (unpaired) electrons. The van der Waals surface area contributed by atoms with E-state index in [4.69, 9.17) is 0 Å². The second-order valence-corrected chi connectivity index (χ2v) is 13.3. The van der Waals surface area contributed by atoms with Gasteiger partial charge in [-0.15, -0.1) is 0 Å². The molecule has 6 nitrogen and oxygen atoms in total. The van der Waals surface area contributed by atoms with Crippen molar-refractivity contribution in [3.05, 3.63) is 12.2 Å². The fourth-order valence-corrected chi connectivity index (χ4v) is 5.87. The van der Waals surface area contributed by atoms with Gasteiger partial charge in [0.15, 0.2) is 0 Å². The molecule has 5 N–H and O–H groups in total. The number of aliphatic hydroxyl groups is 4. The molecule has 4 unspecified atom stereocenters. The molecular weight excluding hydrogens is 550 g/mol. The van der Waals surface area contributed by atoms with Crippen molar-refractivity contribution in [3.63, 3.8) is 0 Å². The van der Waals surface area contributed by atoms with Crippen molar-refractivity contribution in [1.82, 2.24) is 5.32 Å². The monoisotopic (exact) mass is 626 g/mol. The highest BCUT2D eigenvalue weighted by Gasteiger charge is 2.28. The smallest absolute Gasteiger partial charge is 0.249 e. The Balaban J connectivity index is 3.81. The number of carbonyl (C=O) groups is 1. The van der Waals surface area contributed by atoms with Gasteiger partial charge in [-0.25, -0.2) is 0 Å². The second kappa shape index (κ2) is 33.4. The molecule has 0 saturated carbocycles. The molecule has 44 heavy (non-hydrogen) atoms. The summed E-state index contributed by atoms with van der Waals surface area (Å²) in [5.41, 5.74) is 0. The van der Waals surface area contributed by atoms with Crippen LogP contribution in [0.1, 0.15) is 194 Å². The van der Waals surface area contributed by atoms with E-state index in [1.807, 2.05) is 0 Å². The summed E-state index contributed by atoms with van der Waals surface area (Å²) in [6, 6.07) is -0.994. The van der Waals surface area contributed by atoms with Crippen LogP contribution in [-0.4, -0.2) is 57.3 Å². The molecule has 1 amide bonds. The van der Waals surface area contributed by atoms with Gasteiger partial charge >= 0.3 is 0 Å². The summed E-state index contributed by atoms with van der Waals surface area (Å²) in [5, 5.41) is 43.4. The zero-order valence-electron chi connectivity index (χ0n) is 29.2. The summed E-state index contributed by atoms with van der Waals surface area (Å²) in [4.78, 5) is 12.4. The molecule has 0 heterocycles. The zero-order valence-corrected chi connectivity index (χ0v) is 29.2. The first-order valence-electron chi connectivity index (χ1n) is 19.1. The Morgan fingerprint density at radius 3 is 1.36 bits per heavy atom. The van der Waals surface area contributed by atoms with Crippen LogP contribution in [-0.2, 0) is 4.79 Å². The van der Waals surface area contributed by atoms with E-state index in [1.165, 1.54) is 128 Å². The van der Waals surface area contributed by atoms with Crippen LogP contribution in [0.2, 0.25) is 0 Å². The SMILES string of the molecule is CCCCCCCCCCCCCCC/C=C/CCCC(O)C(O)C(CO)NC(=O)C(O)CCCCCCCCCCCC. The van der Waals surface area contributed by atoms with Crippen molar-refractivity contribution in [2.24, 2.45) is 0 Å². The molecule has 0 aliphatic heterocycles. The molecule has 0 aliphatic carbocycles. The minimum atomic E-state index is -1.27. The molecule has 0 spiro atoms. The fourth-order valence-electron chi connectivity index (χ4n) is 5.87. The lowest BCUT2D eigenvalue weighted by Gasteiger charge is -2.27. The molecule has 4 atom stereocenters. The van der Waals surface area contributed by atoms with E-state index in [9.17, 15) is 25.2 Å². The van der Waals surface area contributed by atoms with Crippen LogP contribution in [0.5, 0.6) is 0 Å². The predicted octanol–water partition coefficient (Wildman–Crippen LogP) is 9.07. The molecule has 0 rings (SSSR count). The lowest BCUT2D eigenvalue weighted by molar-refractivity contribution is -0.132. The van der Waals surface area contributed by atoms with Gasteiger partial charge in [0.25, 0.3) is 0 Å². The number of aliphatic hydroxyl groups excluding tert-OH is 4. The quantitative estimate of drug-likeness (QED) is 0.0362. The third-order valence-corrected chi connectivity index (χ3v) is 8.98. The molecule has 0 fully saturated rings. The van der Waals surface area contributed by atoms with Crippen molar-refractivity contribution >= 4 is 5.91 Å². The molecule has 0 aromatic heterocycles. The fraction of sp³-hybridized carbons (Fsp3) is 0.921. The third-order valence-electron chi connectivity index (χ3n) is 8.98. The maximum absolute atomic E-state index is 12.4. The molecule has 0 aromatic rings. The van der Waals surface area contributed by atoms with Gasteiger partial charge in [-0.05, 0) is 38.5 Å². The van der Waals surface area contributed by atoms with Crippen LogP contribution in [0.15, 0.2) is 12.2 Å². The van der Waals surface area contributed by atoms with Crippen molar-refractivity contribution in [3.8, 4) is 0 Å². The molecule has 0 saturated heterocycles. The van der Waals surface area contributed by atoms with Gasteiger partial charge in [0, 0.05) is 0 Å². The van der Waals surface area contributed by atoms with E-state index in [-0.39, 0.29) is 0 Å². The van der Waals surface area contributed by atoms with Gasteiger partial charge in [0.2, 0.25) is 5.91 Å². The van der Waals surface area contributed by atoms with Crippen LogP contribution in [0.3, 0.4) is 0 Å². The normalized spacial score (nSPS) is 14.6. The van der Waals surface area contributed by atoms with Gasteiger partial charge < -0.3 is 25.7 Å². The number of hydrogen-bond acceptors (Lipinski definition) is 5. The minimum Gasteiger partial charge on any atom is -0.394 e. The first kappa shape index (κ1) is 43.0. The van der Waals surface area contributed by atoms with Gasteiger partial charge in [-0.3, -0.25) is 4.79 Å². The Bertz CT molecular complexity index is 628. The van der Waals surface area contributed by atoms with E-state index in [0.29, 0.717) is 12.8 Å². The van der Waals surface area contributed by atoms with Gasteiger partial charge in [0.1, 0.15) is 12.2 Å². The van der Waals surface area contributed by atoms with Crippen LogP contribution in [0.4, 0.5) is 0 Å². The maximum Gasteiger partial charge on any atom is 0.249 e. The van der Waals surface area contributed by atoms with Crippen molar-refractivity contribution in [2.45, 2.75) is 218 Å². The standard InChI is InChI=1S/C38H75NO5/c1-3-5-7-9-11-13-15-16-17-18-19-20-21-22-24-25-27-29-31-35(41)37(43)34(33-40)39-38(44)36(42)32-30-28-26-23-14-12-10-8-6-4-2/h24-25,34-37,40-43H,3-23,26-33H2,1-2H3,(H,39,44)/b25-24+. The largest absolute Gasteiger partial charge is 0.394 e. The maximum atomic E-state index is 12.4. The Kier molecular flexibility index (Phi) is 32.7. The molecule has 262 valence electrons. The summed E-state index contributed by atoms with van der Waals surface area (Å²) >= 11 is 0. The zero-order chi connectivity index (χ0) is 32.5. The van der Waals surface area contributed by atoms with Gasteiger partial charge in [-0.2, -0.15) is 0 Å². The lowest BCUT2D eigenvalue weighted by Crippen LogP contribution is -2.53. The van der Waals surface area contributed by atoms with Crippen LogP contribution < -0.4 is 5.32 Å². The summed E-state index contributed by atoms with van der Waals surface area (Å²) in [6.45, 7) is 4.01. The second-order valence-electron chi connectivity index (χ2n) is 13.3. The molecule has 6 heteroatoms. The third kappa shape index (κ3) is 27.4. The van der Waals surface area contributed by atoms with Crippen LogP contribution in [0, 0.1) is 0 Å². The Labute approximate surface area is 272 Å². The van der Waals surface area contributed by atoms with E-state index in [0.717, 1.165) is 38.5 Å². The summed E-state index contributed by atoms with van der Waals surface area (Å²) in [7, 11) is 0. The lowest BCUT2D eigenvalue weighted by atomic mass is 10.00. The van der Waals surface area contributed by atoms with Crippen LogP contribution >= 0.6 is 0 Å². The topological polar surface area (TPSA) is 110 Å². The Hall–Kier alpha value is -0.950. The van der Waals surface area contributed by atoms with Crippen molar-refractivity contribution in [2.75, 3.05) is 6.61 Å². The van der Waals surface area contributed by atoms with E-state index in [1.54, 1.807) is 0 Å². The van der Waals surface area contributed by atoms with E-state index >= 15 is 0 Å². The summed E-state index contributed by atoms with van der Waals surface area (Å²) in [6.07, 6.45) is 33.8. The minimum absolute atomic E-state index is 0.366. The predicted molar refractivity (Wildman–Crippen MR) is 187 cm³/mol. The van der Waals surface area contributed by atoms with E-state index in [2.05, 4.69) is 31.3 Å². The summed E-state index contributed by atoms with van der Waals surface area (Å²) in [5.74, 6) is -0.595. The highest BCUT2D eigenvalue weighted by molar-refractivity contribution is 5.80. The van der Waals surface area contributed by atoms with Crippen LogP contribution in [0.25, 0.3) is 0 Å². The van der Waals surface area contributed by atoms with E-state index < -0.39 is 36.9 Å². The number of amides is 1. The van der Waals surface area contributed by atoms with Crippen molar-refractivity contribution in [1.29, 1.82) is 0 Å². The number of nitrogens with one attached hydrogen (secondary N) is 1. The average molecular weight is 626 g/mol. The van der Waals surface area contributed by atoms with Gasteiger partial charge in [0.05, 0.1) is 18.8 Å². The highest BCUT2D eigenvalue weighted by Crippen LogP contribution is 2.15. The van der Waals surface area contributed by atoms with Crippen molar-refractivity contribution < 1.29 is 25.2 Å². The number of carbonyl (C=O) groups excluding carboxylic acids is 1. The first-order valence-corrected chi connectivity index (χ1v) is 19.1. The molecule has 0 aromatic carbocycles. The molecular formula is C38H75NO5. The molecule has 0 bridgehead atoms. The number of allylic oxidation sites excluding steroid dienone is 2. The number of rotatable bonds is 34. The average Bonchev–Trinajstić information content (AvgIpc) is 3.03. The summed E-state index contributed by atoms with van der Waals surface area (Å²) < 4.78 is 0. The first-order chi connectivity index (χ1) is 21.5. The Morgan fingerprint density at radius 1 is 0.545 bits per heavy atom. The Morgan fingerprint density at radius 2 is 0.932 bits per heavy atom. The van der Waals surface area contributed by atoms with Gasteiger partial charge in [-0.1, -0.05) is 167 Å². The number of unbranched alkanes of at least 4 members (excludes halogenated alkanes) is 23.